The van der Waals surface area contributed by atoms with Gasteiger partial charge in [0.25, 0.3) is 0 Å². The zero-order valence-electron chi connectivity index (χ0n) is 15.2. The number of benzene rings is 2. The summed E-state index contributed by atoms with van der Waals surface area (Å²) in [5.74, 6) is 0.840. The van der Waals surface area contributed by atoms with Crippen LogP contribution < -0.4 is 10.1 Å². The Morgan fingerprint density at radius 3 is 2.30 bits per heavy atom. The lowest BCUT2D eigenvalue weighted by atomic mass is 9.97. The maximum atomic E-state index is 12.2. The number of rotatable bonds is 5. The Morgan fingerprint density at radius 2 is 1.63 bits per heavy atom. The van der Waals surface area contributed by atoms with E-state index in [1.54, 1.807) is 29.2 Å². The molecule has 1 aliphatic rings. The number of carbonyl (C=O) groups excluding carboxylic acids is 2. The first kappa shape index (κ1) is 18.7. The lowest BCUT2D eigenvalue weighted by Gasteiger charge is -2.31. The van der Waals surface area contributed by atoms with E-state index in [4.69, 9.17) is 4.74 Å². The molecule has 0 atom stereocenters. The molecule has 5 nitrogen and oxygen atoms in total. The molecule has 0 aliphatic carbocycles. The van der Waals surface area contributed by atoms with Crippen molar-refractivity contribution in [2.45, 2.75) is 12.8 Å². The number of hydrogen-bond donors (Lipinski definition) is 1. The molecule has 1 heterocycles. The van der Waals surface area contributed by atoms with Crippen molar-refractivity contribution in [3.05, 3.63) is 72.3 Å². The number of amides is 2. The normalized spacial score (nSPS) is 14.9. The average Bonchev–Trinajstić information content (AvgIpc) is 2.72. The largest absolute Gasteiger partial charge is 0.415 e. The maximum Gasteiger partial charge on any atom is 0.415 e. The van der Waals surface area contributed by atoms with E-state index in [1.807, 2.05) is 48.5 Å². The van der Waals surface area contributed by atoms with Gasteiger partial charge in [-0.05, 0) is 42.5 Å². The van der Waals surface area contributed by atoms with E-state index in [2.05, 4.69) is 5.32 Å². The summed E-state index contributed by atoms with van der Waals surface area (Å²) in [4.78, 5) is 25.9. The Hall–Kier alpha value is -3.08. The molecule has 3 rings (SSSR count). The van der Waals surface area contributed by atoms with Gasteiger partial charge in [0.15, 0.2) is 0 Å². The molecule has 2 aromatic rings. The lowest BCUT2D eigenvalue weighted by molar-refractivity contribution is -0.116. The van der Waals surface area contributed by atoms with Gasteiger partial charge in [0, 0.05) is 25.7 Å². The minimum Gasteiger partial charge on any atom is -0.410 e. The molecule has 5 heteroatoms. The fourth-order valence-corrected chi connectivity index (χ4v) is 3.01. The summed E-state index contributed by atoms with van der Waals surface area (Å²) < 4.78 is 5.37. The first-order valence-electron chi connectivity index (χ1n) is 9.23. The molecule has 2 amide bonds. The minimum absolute atomic E-state index is 0.0928. The Labute approximate surface area is 159 Å². The number of nitrogens with one attached hydrogen (secondary N) is 1. The maximum absolute atomic E-state index is 12.2. The zero-order valence-corrected chi connectivity index (χ0v) is 15.2. The minimum atomic E-state index is -0.311. The van der Waals surface area contributed by atoms with Crippen molar-refractivity contribution in [1.29, 1.82) is 0 Å². The highest BCUT2D eigenvalue weighted by atomic mass is 16.6. The monoisotopic (exact) mass is 364 g/mol. The van der Waals surface area contributed by atoms with Crippen molar-refractivity contribution in [2.24, 2.45) is 5.92 Å². The van der Waals surface area contributed by atoms with Gasteiger partial charge in [-0.25, -0.2) is 4.79 Å². The number of likely N-dealkylation sites (tertiary alicyclic amines) is 1. The van der Waals surface area contributed by atoms with Crippen LogP contribution in [0.1, 0.15) is 18.4 Å². The molecule has 0 bridgehead atoms. The highest BCUT2D eigenvalue weighted by molar-refractivity contribution is 5.91. The van der Waals surface area contributed by atoms with Crippen molar-refractivity contribution >= 4 is 18.1 Å². The van der Waals surface area contributed by atoms with Crippen LogP contribution in [0.4, 0.5) is 4.79 Å². The van der Waals surface area contributed by atoms with Gasteiger partial charge >= 0.3 is 6.09 Å². The molecule has 0 spiro atoms. The van der Waals surface area contributed by atoms with Crippen LogP contribution in [0.25, 0.3) is 6.08 Å². The van der Waals surface area contributed by atoms with Crippen LogP contribution in [0.3, 0.4) is 0 Å². The van der Waals surface area contributed by atoms with Crippen molar-refractivity contribution in [2.75, 3.05) is 19.6 Å². The number of nitrogens with zero attached hydrogens (tertiary/aromatic N) is 1. The number of para-hydroxylation sites is 1. The van der Waals surface area contributed by atoms with Gasteiger partial charge in [-0.1, -0.05) is 48.5 Å². The molecular formula is C22H24N2O3. The van der Waals surface area contributed by atoms with E-state index in [9.17, 15) is 9.59 Å². The summed E-state index contributed by atoms with van der Waals surface area (Å²) in [6.07, 6.45) is 4.76. The van der Waals surface area contributed by atoms with Crippen LogP contribution in [0, 0.1) is 5.92 Å². The van der Waals surface area contributed by atoms with E-state index >= 15 is 0 Å². The molecule has 27 heavy (non-hydrogen) atoms. The number of piperidine rings is 1. The molecular weight excluding hydrogens is 340 g/mol. The van der Waals surface area contributed by atoms with E-state index in [1.165, 1.54) is 0 Å². The van der Waals surface area contributed by atoms with Crippen molar-refractivity contribution in [3.8, 4) is 5.75 Å². The third-order valence-electron chi connectivity index (χ3n) is 4.61. The molecule has 1 fully saturated rings. The Balaban J connectivity index is 1.37. The summed E-state index contributed by atoms with van der Waals surface area (Å²) in [5.41, 5.74) is 0.998. The molecule has 0 saturated carbocycles. The molecule has 1 aliphatic heterocycles. The number of carbonyl (C=O) groups is 2. The van der Waals surface area contributed by atoms with Crippen LogP contribution in [-0.2, 0) is 4.79 Å². The van der Waals surface area contributed by atoms with Crippen LogP contribution >= 0.6 is 0 Å². The summed E-state index contributed by atoms with van der Waals surface area (Å²) >= 11 is 0. The molecule has 1 N–H and O–H groups in total. The first-order valence-corrected chi connectivity index (χ1v) is 9.23. The molecule has 140 valence electrons. The van der Waals surface area contributed by atoms with E-state index in [-0.39, 0.29) is 12.0 Å². The quantitative estimate of drug-likeness (QED) is 0.823. The van der Waals surface area contributed by atoms with E-state index in [0.717, 1.165) is 18.4 Å². The highest BCUT2D eigenvalue weighted by Crippen LogP contribution is 2.18. The van der Waals surface area contributed by atoms with Crippen LogP contribution in [0.5, 0.6) is 5.75 Å². The van der Waals surface area contributed by atoms with Gasteiger partial charge in [-0.3, -0.25) is 4.79 Å². The van der Waals surface area contributed by atoms with Crippen molar-refractivity contribution in [1.82, 2.24) is 10.2 Å². The van der Waals surface area contributed by atoms with Gasteiger partial charge < -0.3 is 15.0 Å². The second-order valence-corrected chi connectivity index (χ2v) is 6.60. The van der Waals surface area contributed by atoms with Crippen LogP contribution in [0.15, 0.2) is 66.7 Å². The van der Waals surface area contributed by atoms with E-state index < -0.39 is 0 Å². The van der Waals surface area contributed by atoms with Gasteiger partial charge in [0.1, 0.15) is 5.75 Å². The molecule has 0 aromatic heterocycles. The molecule has 1 saturated heterocycles. The summed E-state index contributed by atoms with van der Waals surface area (Å²) in [6, 6.07) is 18.8. The van der Waals surface area contributed by atoms with Gasteiger partial charge in [-0.15, -0.1) is 0 Å². The first-order chi connectivity index (χ1) is 13.2. The summed E-state index contributed by atoms with van der Waals surface area (Å²) in [5, 5.41) is 2.95. The number of hydrogen-bond acceptors (Lipinski definition) is 3. The predicted molar refractivity (Wildman–Crippen MR) is 105 cm³/mol. The Bertz CT molecular complexity index is 767. The Morgan fingerprint density at radius 1 is 1.00 bits per heavy atom. The predicted octanol–water partition coefficient (Wildman–Crippen LogP) is 3.73. The fourth-order valence-electron chi connectivity index (χ4n) is 3.01. The topological polar surface area (TPSA) is 58.6 Å². The molecule has 2 aromatic carbocycles. The standard InChI is InChI=1S/C22H24N2O3/c25-21(12-11-18-7-3-1-4-8-18)23-17-19-13-15-24(16-14-19)22(26)27-20-9-5-2-6-10-20/h1-12,19H,13-17H2,(H,23,25). The molecule has 0 unspecified atom stereocenters. The third-order valence-corrected chi connectivity index (χ3v) is 4.61. The average molecular weight is 364 g/mol. The fraction of sp³-hybridized carbons (Fsp3) is 0.273. The second-order valence-electron chi connectivity index (χ2n) is 6.60. The second kappa shape index (κ2) is 9.57. The van der Waals surface area contributed by atoms with Gasteiger partial charge in [0.05, 0.1) is 0 Å². The highest BCUT2D eigenvalue weighted by Gasteiger charge is 2.24. The van der Waals surface area contributed by atoms with Crippen LogP contribution in [-0.4, -0.2) is 36.5 Å². The van der Waals surface area contributed by atoms with E-state index in [0.29, 0.717) is 31.3 Å². The Kier molecular flexibility index (Phi) is 6.63. The lowest BCUT2D eigenvalue weighted by Crippen LogP contribution is -2.42. The van der Waals surface area contributed by atoms with Crippen LogP contribution in [0.2, 0.25) is 0 Å². The summed E-state index contributed by atoms with van der Waals surface area (Å²) in [7, 11) is 0. The van der Waals surface area contributed by atoms with Crippen molar-refractivity contribution in [3.63, 3.8) is 0 Å². The smallest absolute Gasteiger partial charge is 0.410 e. The van der Waals surface area contributed by atoms with Gasteiger partial charge in [0.2, 0.25) is 5.91 Å². The van der Waals surface area contributed by atoms with Crippen molar-refractivity contribution < 1.29 is 14.3 Å². The summed E-state index contributed by atoms with van der Waals surface area (Å²) in [6.45, 7) is 1.91. The van der Waals surface area contributed by atoms with Gasteiger partial charge in [-0.2, -0.15) is 0 Å². The zero-order chi connectivity index (χ0) is 18.9. The molecule has 0 radical (unpaired) electrons. The SMILES string of the molecule is O=C(C=Cc1ccccc1)NCC1CCN(C(=O)Oc2ccccc2)CC1. The number of ether oxygens (including phenoxy) is 1. The third kappa shape index (κ3) is 5.99.